The molecule has 0 aliphatic rings. The minimum atomic E-state index is -0.911. The summed E-state index contributed by atoms with van der Waals surface area (Å²) in [6.45, 7) is 6.53. The van der Waals surface area contributed by atoms with Crippen molar-refractivity contribution in [2.24, 2.45) is 5.92 Å². The Morgan fingerprint density at radius 1 is 1.35 bits per heavy atom. The zero-order chi connectivity index (χ0) is 13.0. The molecule has 1 heterocycles. The van der Waals surface area contributed by atoms with Crippen LogP contribution in [0.4, 0.5) is 5.69 Å². The summed E-state index contributed by atoms with van der Waals surface area (Å²) in [7, 11) is -0.911. The second-order valence-electron chi connectivity index (χ2n) is 4.53. The Morgan fingerprint density at radius 3 is 2.59 bits per heavy atom. The number of nitrogens with two attached hydrogens (primary N) is 1. The fraction of sp³-hybridized carbons (Fsp3) is 0.583. The highest BCUT2D eigenvalue weighted by Crippen LogP contribution is 2.09. The fourth-order valence-corrected chi connectivity index (χ4v) is 2.76. The summed E-state index contributed by atoms with van der Waals surface area (Å²) in [4.78, 5) is 11.5. The fourth-order valence-electron chi connectivity index (χ4n) is 1.40. The third kappa shape index (κ3) is 4.00. The number of aryl methyl sites for hydroxylation is 1. The summed E-state index contributed by atoms with van der Waals surface area (Å²) in [5, 5.41) is 0.145. The normalized spacial score (nSPS) is 14.8. The Labute approximate surface area is 104 Å². The number of nitrogen functional groups attached to an aromatic ring is 1. The maximum absolute atomic E-state index is 11.9. The van der Waals surface area contributed by atoms with Crippen molar-refractivity contribution in [1.82, 2.24) is 4.57 Å². The zero-order valence-electron chi connectivity index (χ0n) is 10.6. The Balaban J connectivity index is 2.65. The lowest BCUT2D eigenvalue weighted by Crippen LogP contribution is -2.26. The van der Waals surface area contributed by atoms with Gasteiger partial charge in [-0.3, -0.25) is 9.00 Å². The molecule has 0 bridgehead atoms. The van der Waals surface area contributed by atoms with Gasteiger partial charge < -0.3 is 10.3 Å². The lowest BCUT2D eigenvalue weighted by Gasteiger charge is -2.15. The van der Waals surface area contributed by atoms with Gasteiger partial charge in [-0.2, -0.15) is 0 Å². The molecule has 17 heavy (non-hydrogen) atoms. The molecule has 0 aliphatic heterocycles. The molecular weight excluding hydrogens is 236 g/mol. The maximum Gasteiger partial charge on any atom is 0.250 e. The molecule has 2 N–H and O–H groups in total. The Bertz CT molecular complexity index is 454. The lowest BCUT2D eigenvalue weighted by molar-refractivity contribution is 0.600. The molecule has 0 aromatic carbocycles. The van der Waals surface area contributed by atoms with Crippen LogP contribution in [0.1, 0.15) is 20.8 Å². The van der Waals surface area contributed by atoms with Gasteiger partial charge in [-0.05, 0) is 12.0 Å². The minimum Gasteiger partial charge on any atom is -0.398 e. The van der Waals surface area contributed by atoms with Gasteiger partial charge in [0.25, 0.3) is 5.56 Å². The largest absolute Gasteiger partial charge is 0.398 e. The number of anilines is 1. The standard InChI is InChI=1S/C12H20N2O2S/c1-9(2)10(3)17(16)7-6-14-8-11(13)4-5-12(14)15/h4-5,8-10H,6-7,13H2,1-3H3. The van der Waals surface area contributed by atoms with Gasteiger partial charge in [0, 0.05) is 46.3 Å². The quantitative estimate of drug-likeness (QED) is 0.861. The predicted octanol–water partition coefficient (Wildman–Crippen LogP) is 1.22. The van der Waals surface area contributed by atoms with Gasteiger partial charge in [0.2, 0.25) is 0 Å². The van der Waals surface area contributed by atoms with E-state index in [2.05, 4.69) is 13.8 Å². The van der Waals surface area contributed by atoms with Crippen molar-refractivity contribution in [3.8, 4) is 0 Å². The molecule has 96 valence electrons. The van der Waals surface area contributed by atoms with Gasteiger partial charge in [0.15, 0.2) is 0 Å². The Kier molecular flexibility index (Phi) is 4.93. The second-order valence-corrected chi connectivity index (χ2v) is 6.44. The second kappa shape index (κ2) is 6.00. The van der Waals surface area contributed by atoms with Crippen molar-refractivity contribution in [3.05, 3.63) is 28.7 Å². The van der Waals surface area contributed by atoms with Crippen molar-refractivity contribution in [2.75, 3.05) is 11.5 Å². The summed E-state index contributed by atoms with van der Waals surface area (Å²) >= 11 is 0. The van der Waals surface area contributed by atoms with Crippen LogP contribution in [0.3, 0.4) is 0 Å². The van der Waals surface area contributed by atoms with Crippen molar-refractivity contribution >= 4 is 16.5 Å². The first-order chi connectivity index (χ1) is 7.91. The van der Waals surface area contributed by atoms with Crippen molar-refractivity contribution in [2.45, 2.75) is 32.6 Å². The molecule has 0 saturated heterocycles. The van der Waals surface area contributed by atoms with E-state index >= 15 is 0 Å². The lowest BCUT2D eigenvalue weighted by atomic mass is 10.2. The van der Waals surface area contributed by atoms with Crippen LogP contribution in [-0.4, -0.2) is 19.8 Å². The van der Waals surface area contributed by atoms with E-state index in [1.54, 1.807) is 12.3 Å². The van der Waals surface area contributed by atoms with Crippen LogP contribution in [0.25, 0.3) is 0 Å². The van der Waals surface area contributed by atoms with Crippen LogP contribution >= 0.6 is 0 Å². The van der Waals surface area contributed by atoms with E-state index in [9.17, 15) is 9.00 Å². The van der Waals surface area contributed by atoms with E-state index in [0.717, 1.165) is 0 Å². The summed E-state index contributed by atoms with van der Waals surface area (Å²) in [5.74, 6) is 0.872. The number of rotatable bonds is 5. The van der Waals surface area contributed by atoms with Gasteiger partial charge in [0.1, 0.15) is 0 Å². The molecule has 0 aliphatic carbocycles. The average molecular weight is 256 g/mol. The number of hydrogen-bond acceptors (Lipinski definition) is 3. The van der Waals surface area contributed by atoms with Crippen LogP contribution < -0.4 is 11.3 Å². The van der Waals surface area contributed by atoms with Crippen LogP contribution in [0.2, 0.25) is 0 Å². The monoisotopic (exact) mass is 256 g/mol. The van der Waals surface area contributed by atoms with Gasteiger partial charge in [-0.25, -0.2) is 0 Å². The van der Waals surface area contributed by atoms with E-state index < -0.39 is 10.8 Å². The number of pyridine rings is 1. The molecule has 0 fully saturated rings. The minimum absolute atomic E-state index is 0.103. The molecule has 2 unspecified atom stereocenters. The topological polar surface area (TPSA) is 65.1 Å². The number of aromatic nitrogens is 1. The summed E-state index contributed by atoms with van der Waals surface area (Å²) < 4.78 is 13.4. The molecule has 5 heteroatoms. The van der Waals surface area contributed by atoms with Crippen LogP contribution in [0.15, 0.2) is 23.1 Å². The van der Waals surface area contributed by atoms with E-state index in [0.29, 0.717) is 23.9 Å². The average Bonchev–Trinajstić information content (AvgIpc) is 2.28. The first kappa shape index (κ1) is 14.0. The van der Waals surface area contributed by atoms with Crippen molar-refractivity contribution < 1.29 is 4.21 Å². The smallest absolute Gasteiger partial charge is 0.250 e. The first-order valence-electron chi connectivity index (χ1n) is 5.75. The Hall–Kier alpha value is -1.10. The molecule has 1 rings (SSSR count). The van der Waals surface area contributed by atoms with E-state index in [1.807, 2.05) is 6.92 Å². The molecule has 2 atom stereocenters. The summed E-state index contributed by atoms with van der Waals surface area (Å²) in [6.07, 6.45) is 1.60. The highest BCUT2D eigenvalue weighted by molar-refractivity contribution is 7.85. The van der Waals surface area contributed by atoms with Crippen molar-refractivity contribution in [1.29, 1.82) is 0 Å². The maximum atomic E-state index is 11.9. The predicted molar refractivity (Wildman–Crippen MR) is 72.4 cm³/mol. The SMILES string of the molecule is CC(C)C(C)S(=O)CCn1cc(N)ccc1=O. The number of hydrogen-bond donors (Lipinski definition) is 1. The van der Waals surface area contributed by atoms with Crippen LogP contribution in [0.5, 0.6) is 0 Å². The van der Waals surface area contributed by atoms with Crippen LogP contribution in [-0.2, 0) is 17.3 Å². The third-order valence-corrected chi connectivity index (χ3v) is 4.85. The molecule has 0 saturated carbocycles. The third-order valence-electron chi connectivity index (χ3n) is 2.89. The Morgan fingerprint density at radius 2 is 2.00 bits per heavy atom. The van der Waals surface area contributed by atoms with Crippen LogP contribution in [0, 0.1) is 5.92 Å². The highest BCUT2D eigenvalue weighted by Gasteiger charge is 2.14. The van der Waals surface area contributed by atoms with Crippen molar-refractivity contribution in [3.63, 3.8) is 0 Å². The summed E-state index contributed by atoms with van der Waals surface area (Å²) in [6, 6.07) is 3.01. The van der Waals surface area contributed by atoms with E-state index in [4.69, 9.17) is 5.73 Å². The number of nitrogens with zero attached hydrogens (tertiary/aromatic N) is 1. The van der Waals surface area contributed by atoms with E-state index in [1.165, 1.54) is 10.6 Å². The molecular formula is C12H20N2O2S. The van der Waals surface area contributed by atoms with Gasteiger partial charge in [-0.1, -0.05) is 20.8 Å². The molecule has 4 nitrogen and oxygen atoms in total. The highest BCUT2D eigenvalue weighted by atomic mass is 32.2. The first-order valence-corrected chi connectivity index (χ1v) is 7.13. The molecule has 0 amide bonds. The van der Waals surface area contributed by atoms with Gasteiger partial charge >= 0.3 is 0 Å². The van der Waals surface area contributed by atoms with E-state index in [-0.39, 0.29) is 10.8 Å². The molecule has 1 aromatic rings. The molecule has 1 aromatic heterocycles. The van der Waals surface area contributed by atoms with Gasteiger partial charge in [0.05, 0.1) is 0 Å². The zero-order valence-corrected chi connectivity index (χ0v) is 11.4. The molecule has 0 spiro atoms. The van der Waals surface area contributed by atoms with Gasteiger partial charge in [-0.15, -0.1) is 0 Å². The summed E-state index contributed by atoms with van der Waals surface area (Å²) in [5.41, 5.74) is 6.05. The molecule has 0 radical (unpaired) electrons.